The Morgan fingerprint density at radius 3 is 2.86 bits per heavy atom. The molecule has 1 heterocycles. The van der Waals surface area contributed by atoms with Crippen LogP contribution in [0.3, 0.4) is 0 Å². The van der Waals surface area contributed by atoms with Crippen molar-refractivity contribution in [2.75, 3.05) is 11.9 Å². The number of hydrogen-bond donors (Lipinski definition) is 2. The molecule has 0 radical (unpaired) electrons. The van der Waals surface area contributed by atoms with Crippen molar-refractivity contribution in [1.82, 2.24) is 10.3 Å². The van der Waals surface area contributed by atoms with Crippen molar-refractivity contribution in [2.24, 2.45) is 0 Å². The number of nitrogens with one attached hydrogen (secondary N) is 2. The number of nitrogens with zero attached hydrogens (tertiary/aromatic N) is 1. The average molecular weight is 368 g/mol. The summed E-state index contributed by atoms with van der Waals surface area (Å²) in [5, 5.41) is 6.49. The molecule has 6 heteroatoms. The molecular formula is C15H15BrFN3S. The summed E-state index contributed by atoms with van der Waals surface area (Å²) in [6, 6.07) is 8.80. The Morgan fingerprint density at radius 1 is 1.33 bits per heavy atom. The van der Waals surface area contributed by atoms with Gasteiger partial charge in [-0.05, 0) is 65.3 Å². The third kappa shape index (κ3) is 5.06. The molecular weight excluding hydrogens is 353 g/mol. The van der Waals surface area contributed by atoms with Crippen LogP contribution in [0.2, 0.25) is 0 Å². The number of rotatable bonds is 4. The predicted octanol–water partition coefficient (Wildman–Crippen LogP) is 3.82. The van der Waals surface area contributed by atoms with Gasteiger partial charge in [0.05, 0.1) is 0 Å². The molecule has 2 rings (SSSR count). The van der Waals surface area contributed by atoms with Crippen molar-refractivity contribution in [2.45, 2.75) is 13.3 Å². The average Bonchev–Trinajstić information content (AvgIpc) is 2.45. The van der Waals surface area contributed by atoms with Gasteiger partial charge in [-0.3, -0.25) is 0 Å². The van der Waals surface area contributed by atoms with Gasteiger partial charge in [0, 0.05) is 17.2 Å². The fourth-order valence-corrected chi connectivity index (χ4v) is 2.26. The minimum absolute atomic E-state index is 0.184. The lowest BCUT2D eigenvalue weighted by Crippen LogP contribution is -2.30. The molecule has 0 aliphatic heterocycles. The van der Waals surface area contributed by atoms with Gasteiger partial charge in [-0.2, -0.15) is 0 Å². The summed E-state index contributed by atoms with van der Waals surface area (Å²) < 4.78 is 14.5. The number of pyridine rings is 1. The molecule has 0 aliphatic carbocycles. The number of hydrogen-bond acceptors (Lipinski definition) is 2. The maximum absolute atomic E-state index is 13.6. The van der Waals surface area contributed by atoms with E-state index in [4.69, 9.17) is 12.2 Å². The van der Waals surface area contributed by atoms with Gasteiger partial charge in [-0.1, -0.05) is 17.7 Å². The SMILES string of the molecule is Cc1ccc(F)c(CCNC(=S)Nc2ccc(Br)cn2)c1. The lowest BCUT2D eigenvalue weighted by atomic mass is 10.1. The number of aromatic nitrogens is 1. The van der Waals surface area contributed by atoms with E-state index in [2.05, 4.69) is 31.5 Å². The highest BCUT2D eigenvalue weighted by Crippen LogP contribution is 2.11. The van der Waals surface area contributed by atoms with E-state index in [0.717, 1.165) is 10.0 Å². The van der Waals surface area contributed by atoms with Crippen LogP contribution >= 0.6 is 28.1 Å². The normalized spacial score (nSPS) is 10.2. The molecule has 2 N–H and O–H groups in total. The molecule has 0 saturated carbocycles. The molecule has 21 heavy (non-hydrogen) atoms. The molecule has 0 unspecified atom stereocenters. The van der Waals surface area contributed by atoms with Crippen LogP contribution in [0.5, 0.6) is 0 Å². The number of benzene rings is 1. The van der Waals surface area contributed by atoms with Gasteiger partial charge in [-0.25, -0.2) is 9.37 Å². The largest absolute Gasteiger partial charge is 0.362 e. The molecule has 0 saturated heterocycles. The topological polar surface area (TPSA) is 37.0 Å². The van der Waals surface area contributed by atoms with Gasteiger partial charge in [-0.15, -0.1) is 0 Å². The van der Waals surface area contributed by atoms with Crippen LogP contribution in [0.25, 0.3) is 0 Å². The number of thiocarbonyl (C=S) groups is 1. The van der Waals surface area contributed by atoms with Crippen LogP contribution in [0, 0.1) is 12.7 Å². The first-order valence-corrected chi connectivity index (χ1v) is 7.66. The van der Waals surface area contributed by atoms with Gasteiger partial charge in [0.25, 0.3) is 0 Å². The molecule has 0 bridgehead atoms. The highest BCUT2D eigenvalue weighted by Gasteiger charge is 2.03. The second-order valence-electron chi connectivity index (χ2n) is 4.59. The Hall–Kier alpha value is -1.53. The second kappa shape index (κ2) is 7.47. The Balaban J connectivity index is 1.81. The Labute approximate surface area is 137 Å². The highest BCUT2D eigenvalue weighted by molar-refractivity contribution is 9.10. The minimum atomic E-state index is -0.184. The van der Waals surface area contributed by atoms with E-state index in [1.54, 1.807) is 12.3 Å². The monoisotopic (exact) mass is 367 g/mol. The van der Waals surface area contributed by atoms with Crippen LogP contribution in [0.4, 0.5) is 10.2 Å². The van der Waals surface area contributed by atoms with Crippen LogP contribution in [0.1, 0.15) is 11.1 Å². The first-order valence-electron chi connectivity index (χ1n) is 6.46. The van der Waals surface area contributed by atoms with Gasteiger partial charge < -0.3 is 10.6 Å². The van der Waals surface area contributed by atoms with E-state index in [1.807, 2.05) is 25.1 Å². The molecule has 2 aromatic rings. The van der Waals surface area contributed by atoms with E-state index >= 15 is 0 Å². The summed E-state index contributed by atoms with van der Waals surface area (Å²) in [4.78, 5) is 4.16. The molecule has 110 valence electrons. The quantitative estimate of drug-likeness (QED) is 0.805. The molecule has 0 atom stereocenters. The number of anilines is 1. The Kier molecular flexibility index (Phi) is 5.64. The van der Waals surface area contributed by atoms with E-state index in [-0.39, 0.29) is 5.82 Å². The van der Waals surface area contributed by atoms with Crippen molar-refractivity contribution >= 4 is 39.1 Å². The number of halogens is 2. The lowest BCUT2D eigenvalue weighted by Gasteiger charge is -2.10. The van der Waals surface area contributed by atoms with Crippen LogP contribution in [-0.4, -0.2) is 16.6 Å². The summed E-state index contributed by atoms with van der Waals surface area (Å²) in [5.41, 5.74) is 1.73. The summed E-state index contributed by atoms with van der Waals surface area (Å²) in [6.45, 7) is 2.50. The summed E-state index contributed by atoms with van der Waals surface area (Å²) in [7, 11) is 0. The minimum Gasteiger partial charge on any atom is -0.362 e. The van der Waals surface area contributed by atoms with Gasteiger partial charge in [0.15, 0.2) is 5.11 Å². The molecule has 0 amide bonds. The van der Waals surface area contributed by atoms with E-state index in [1.165, 1.54) is 6.07 Å². The van der Waals surface area contributed by atoms with Crippen molar-refractivity contribution in [3.63, 3.8) is 0 Å². The van der Waals surface area contributed by atoms with Crippen molar-refractivity contribution < 1.29 is 4.39 Å². The maximum atomic E-state index is 13.6. The van der Waals surface area contributed by atoms with E-state index in [9.17, 15) is 4.39 Å². The number of aryl methyl sites for hydroxylation is 1. The van der Waals surface area contributed by atoms with Crippen LogP contribution < -0.4 is 10.6 Å². The smallest absolute Gasteiger partial charge is 0.171 e. The predicted molar refractivity (Wildman–Crippen MR) is 91.0 cm³/mol. The van der Waals surface area contributed by atoms with Crippen LogP contribution in [-0.2, 0) is 6.42 Å². The van der Waals surface area contributed by atoms with Crippen molar-refractivity contribution in [3.8, 4) is 0 Å². The van der Waals surface area contributed by atoms with Crippen LogP contribution in [0.15, 0.2) is 41.0 Å². The zero-order valence-corrected chi connectivity index (χ0v) is 13.9. The van der Waals surface area contributed by atoms with Crippen molar-refractivity contribution in [3.05, 3.63) is 57.9 Å². The third-order valence-corrected chi connectivity index (χ3v) is 3.57. The molecule has 0 aliphatic rings. The lowest BCUT2D eigenvalue weighted by molar-refractivity contribution is 0.607. The second-order valence-corrected chi connectivity index (χ2v) is 5.91. The van der Waals surface area contributed by atoms with E-state index in [0.29, 0.717) is 29.5 Å². The molecule has 3 nitrogen and oxygen atoms in total. The molecule has 0 fully saturated rings. The fourth-order valence-electron chi connectivity index (χ4n) is 1.82. The molecule has 0 spiro atoms. The zero-order valence-electron chi connectivity index (χ0n) is 11.5. The van der Waals surface area contributed by atoms with Gasteiger partial charge in [0.2, 0.25) is 0 Å². The standard InChI is InChI=1S/C15H15BrFN3S/c1-10-2-4-13(17)11(8-10)6-7-18-15(21)20-14-5-3-12(16)9-19-14/h2-5,8-9H,6-7H2,1H3,(H2,18,19,20,21). The summed E-state index contributed by atoms with van der Waals surface area (Å²) >= 11 is 8.49. The van der Waals surface area contributed by atoms with Gasteiger partial charge >= 0.3 is 0 Å². The third-order valence-electron chi connectivity index (χ3n) is 2.85. The summed E-state index contributed by atoms with van der Waals surface area (Å²) in [5.74, 6) is 0.480. The first kappa shape index (κ1) is 15.9. The van der Waals surface area contributed by atoms with Crippen molar-refractivity contribution in [1.29, 1.82) is 0 Å². The van der Waals surface area contributed by atoms with E-state index < -0.39 is 0 Å². The Bertz CT molecular complexity index is 631. The summed E-state index contributed by atoms with van der Waals surface area (Å²) in [6.07, 6.45) is 2.26. The fraction of sp³-hybridized carbons (Fsp3) is 0.200. The van der Waals surface area contributed by atoms with Gasteiger partial charge in [0.1, 0.15) is 11.6 Å². The zero-order chi connectivity index (χ0) is 15.2. The molecule has 1 aromatic heterocycles. The molecule has 1 aromatic carbocycles. The first-order chi connectivity index (χ1) is 10.0. The maximum Gasteiger partial charge on any atom is 0.171 e. The Morgan fingerprint density at radius 2 is 2.14 bits per heavy atom. The highest BCUT2D eigenvalue weighted by atomic mass is 79.9.